The number of nitrogens with zero attached hydrogens (tertiary/aromatic N) is 1. The van der Waals surface area contributed by atoms with Gasteiger partial charge in [-0.25, -0.2) is 0 Å². The smallest absolute Gasteiger partial charge is 0.0495 e. The van der Waals surface area contributed by atoms with Crippen molar-refractivity contribution in [3.05, 3.63) is 102 Å². The lowest BCUT2D eigenvalue weighted by Gasteiger charge is -2.08. The summed E-state index contributed by atoms with van der Waals surface area (Å²) in [6, 6.07) is 28.0. The van der Waals surface area contributed by atoms with Gasteiger partial charge in [0.25, 0.3) is 0 Å². The molecule has 1 aromatic heterocycles. The van der Waals surface area contributed by atoms with Crippen LogP contribution in [0.4, 0.5) is 0 Å². The van der Waals surface area contributed by atoms with Crippen molar-refractivity contribution in [2.24, 2.45) is 0 Å². The zero-order valence-electron chi connectivity index (χ0n) is 14.4. The van der Waals surface area contributed by atoms with Crippen LogP contribution < -0.4 is 0 Å². The molecule has 1 heterocycles. The maximum absolute atomic E-state index is 2.38. The van der Waals surface area contributed by atoms with Crippen molar-refractivity contribution in [3.8, 4) is 0 Å². The van der Waals surface area contributed by atoms with Gasteiger partial charge in [0.15, 0.2) is 0 Å². The van der Waals surface area contributed by atoms with Crippen LogP contribution in [-0.2, 0) is 12.3 Å². The molecule has 0 saturated carbocycles. The standard InChI is InChI=1S/C23H21NS/c1-18-9-5-6-12-20(18)15-24-16-23(21-13-7-8-14-22(21)24)25-17-19-10-3-2-4-11-19/h2-14,16H,15,17H2,1H3. The Labute approximate surface area is 153 Å². The Morgan fingerprint density at radius 3 is 2.36 bits per heavy atom. The fraction of sp³-hybridized carbons (Fsp3) is 0.130. The predicted octanol–water partition coefficient (Wildman–Crippen LogP) is 6.29. The molecule has 3 aromatic carbocycles. The summed E-state index contributed by atoms with van der Waals surface area (Å²) in [5, 5.41) is 1.34. The molecule has 0 fully saturated rings. The van der Waals surface area contributed by atoms with Gasteiger partial charge in [-0.15, -0.1) is 11.8 Å². The summed E-state index contributed by atoms with van der Waals surface area (Å²) < 4.78 is 2.38. The number of thioether (sulfide) groups is 1. The van der Waals surface area contributed by atoms with E-state index in [4.69, 9.17) is 0 Å². The first kappa shape index (κ1) is 16.0. The van der Waals surface area contributed by atoms with E-state index < -0.39 is 0 Å². The number of rotatable bonds is 5. The molecular weight excluding hydrogens is 322 g/mol. The highest BCUT2D eigenvalue weighted by Gasteiger charge is 2.10. The van der Waals surface area contributed by atoms with E-state index in [1.807, 2.05) is 11.8 Å². The van der Waals surface area contributed by atoms with Crippen LogP contribution in [-0.4, -0.2) is 4.57 Å². The minimum Gasteiger partial charge on any atom is -0.342 e. The van der Waals surface area contributed by atoms with Crippen LogP contribution in [0.3, 0.4) is 0 Å². The largest absolute Gasteiger partial charge is 0.342 e. The molecule has 0 unspecified atom stereocenters. The van der Waals surface area contributed by atoms with Crippen LogP contribution in [0.1, 0.15) is 16.7 Å². The van der Waals surface area contributed by atoms with Gasteiger partial charge in [0.05, 0.1) is 0 Å². The second kappa shape index (κ2) is 7.20. The number of para-hydroxylation sites is 1. The third-order valence-corrected chi connectivity index (χ3v) is 5.71. The van der Waals surface area contributed by atoms with E-state index in [-0.39, 0.29) is 0 Å². The SMILES string of the molecule is Cc1ccccc1Cn1cc(SCc2ccccc2)c2ccccc21. The first-order valence-corrected chi connectivity index (χ1v) is 9.59. The molecule has 0 bridgehead atoms. The van der Waals surface area contributed by atoms with E-state index in [0.29, 0.717) is 0 Å². The molecule has 124 valence electrons. The van der Waals surface area contributed by atoms with Crippen LogP contribution in [0.15, 0.2) is 90.0 Å². The topological polar surface area (TPSA) is 4.93 Å². The van der Waals surface area contributed by atoms with Gasteiger partial charge in [0.1, 0.15) is 0 Å². The van der Waals surface area contributed by atoms with Crippen molar-refractivity contribution in [2.75, 3.05) is 0 Å². The van der Waals surface area contributed by atoms with E-state index in [1.54, 1.807) is 0 Å². The summed E-state index contributed by atoms with van der Waals surface area (Å²) in [5.41, 5.74) is 5.39. The highest BCUT2D eigenvalue weighted by molar-refractivity contribution is 7.98. The molecule has 0 amide bonds. The minimum absolute atomic E-state index is 0.916. The summed E-state index contributed by atoms with van der Waals surface area (Å²) >= 11 is 1.92. The Bertz CT molecular complexity index is 985. The lowest BCUT2D eigenvalue weighted by molar-refractivity contribution is 0.824. The summed E-state index contributed by atoms with van der Waals surface area (Å²) in [7, 11) is 0. The normalized spacial score (nSPS) is 11.1. The lowest BCUT2D eigenvalue weighted by atomic mass is 10.1. The van der Waals surface area contributed by atoms with Gasteiger partial charge in [0, 0.05) is 34.3 Å². The average Bonchev–Trinajstić information content (AvgIpc) is 3.01. The molecule has 0 N–H and O–H groups in total. The van der Waals surface area contributed by atoms with Crippen molar-refractivity contribution >= 4 is 22.7 Å². The molecule has 4 rings (SSSR count). The van der Waals surface area contributed by atoms with Gasteiger partial charge < -0.3 is 4.57 Å². The van der Waals surface area contributed by atoms with Crippen molar-refractivity contribution in [2.45, 2.75) is 24.1 Å². The lowest BCUT2D eigenvalue weighted by Crippen LogP contribution is -1.99. The molecule has 0 aliphatic rings. The Kier molecular flexibility index (Phi) is 4.62. The van der Waals surface area contributed by atoms with Gasteiger partial charge >= 0.3 is 0 Å². The van der Waals surface area contributed by atoms with Crippen LogP contribution >= 0.6 is 11.8 Å². The highest BCUT2D eigenvalue weighted by atomic mass is 32.2. The molecule has 0 saturated heterocycles. The molecule has 0 aliphatic carbocycles. The van der Waals surface area contributed by atoms with Crippen LogP contribution in [0.25, 0.3) is 10.9 Å². The van der Waals surface area contributed by atoms with Gasteiger partial charge in [-0.05, 0) is 29.7 Å². The third-order valence-electron chi connectivity index (χ3n) is 4.59. The van der Waals surface area contributed by atoms with Crippen LogP contribution in [0.5, 0.6) is 0 Å². The Hall–Kier alpha value is -2.45. The van der Waals surface area contributed by atoms with Crippen LogP contribution in [0.2, 0.25) is 0 Å². The number of hydrogen-bond acceptors (Lipinski definition) is 1. The molecule has 0 radical (unpaired) electrons. The quantitative estimate of drug-likeness (QED) is 0.385. The first-order valence-electron chi connectivity index (χ1n) is 8.60. The zero-order chi connectivity index (χ0) is 17.1. The second-order valence-corrected chi connectivity index (χ2v) is 7.36. The minimum atomic E-state index is 0.916. The van der Waals surface area contributed by atoms with E-state index in [0.717, 1.165) is 12.3 Å². The number of aryl methyl sites for hydroxylation is 1. The van der Waals surface area contributed by atoms with E-state index in [2.05, 4.69) is 96.6 Å². The van der Waals surface area contributed by atoms with Gasteiger partial charge in [0.2, 0.25) is 0 Å². The molecule has 4 aromatic rings. The molecular formula is C23H21NS. The van der Waals surface area contributed by atoms with Crippen molar-refractivity contribution in [3.63, 3.8) is 0 Å². The Balaban J connectivity index is 1.65. The van der Waals surface area contributed by atoms with E-state index in [1.165, 1.54) is 32.5 Å². The first-order chi connectivity index (χ1) is 12.3. The zero-order valence-corrected chi connectivity index (χ0v) is 15.2. The number of hydrogen-bond donors (Lipinski definition) is 0. The highest BCUT2D eigenvalue weighted by Crippen LogP contribution is 2.32. The van der Waals surface area contributed by atoms with Crippen molar-refractivity contribution in [1.82, 2.24) is 4.57 Å². The summed E-state index contributed by atoms with van der Waals surface area (Å²) in [4.78, 5) is 1.35. The fourth-order valence-corrected chi connectivity index (χ4v) is 4.21. The molecule has 2 heteroatoms. The van der Waals surface area contributed by atoms with Gasteiger partial charge in [-0.1, -0.05) is 72.8 Å². The summed E-state index contributed by atoms with van der Waals surface area (Å²) in [5.74, 6) is 0.999. The molecule has 1 nitrogen and oxygen atoms in total. The van der Waals surface area contributed by atoms with E-state index >= 15 is 0 Å². The third kappa shape index (κ3) is 3.49. The average molecular weight is 343 g/mol. The van der Waals surface area contributed by atoms with Gasteiger partial charge in [-0.2, -0.15) is 0 Å². The second-order valence-electron chi connectivity index (χ2n) is 6.34. The summed E-state index contributed by atoms with van der Waals surface area (Å²) in [6.07, 6.45) is 2.31. The van der Waals surface area contributed by atoms with Crippen LogP contribution in [0, 0.1) is 6.92 Å². The maximum Gasteiger partial charge on any atom is 0.0495 e. The Morgan fingerprint density at radius 1 is 0.800 bits per heavy atom. The fourth-order valence-electron chi connectivity index (χ4n) is 3.17. The molecule has 0 atom stereocenters. The number of fused-ring (bicyclic) bond motifs is 1. The van der Waals surface area contributed by atoms with Gasteiger partial charge in [-0.3, -0.25) is 0 Å². The molecule has 0 spiro atoms. The van der Waals surface area contributed by atoms with Crippen molar-refractivity contribution < 1.29 is 0 Å². The number of aromatic nitrogens is 1. The Morgan fingerprint density at radius 2 is 1.52 bits per heavy atom. The number of benzene rings is 3. The van der Waals surface area contributed by atoms with E-state index in [9.17, 15) is 0 Å². The predicted molar refractivity (Wildman–Crippen MR) is 108 cm³/mol. The molecule has 0 aliphatic heterocycles. The molecule has 25 heavy (non-hydrogen) atoms. The van der Waals surface area contributed by atoms with Crippen molar-refractivity contribution in [1.29, 1.82) is 0 Å². The monoisotopic (exact) mass is 343 g/mol. The summed E-state index contributed by atoms with van der Waals surface area (Å²) in [6.45, 7) is 3.10. The maximum atomic E-state index is 2.38.